The predicted molar refractivity (Wildman–Crippen MR) is 54.2 cm³/mol. The highest BCUT2D eigenvalue weighted by Crippen LogP contribution is 2.18. The zero-order valence-corrected chi connectivity index (χ0v) is 9.10. The van der Waals surface area contributed by atoms with Crippen LogP contribution >= 0.6 is 10.7 Å². The van der Waals surface area contributed by atoms with E-state index in [9.17, 15) is 13.2 Å². The van der Waals surface area contributed by atoms with E-state index in [-0.39, 0.29) is 12.3 Å². The molecule has 0 aromatic heterocycles. The van der Waals surface area contributed by atoms with Crippen molar-refractivity contribution in [2.24, 2.45) is 0 Å². The Balaban J connectivity index is 2.67. The summed E-state index contributed by atoms with van der Waals surface area (Å²) < 4.78 is 21.8. The first-order valence-corrected chi connectivity index (χ1v) is 6.36. The van der Waals surface area contributed by atoms with Gasteiger partial charge in [-0.05, 0) is 12.5 Å². The van der Waals surface area contributed by atoms with Gasteiger partial charge in [0.15, 0.2) is 0 Å². The fraction of sp³-hybridized carbons (Fsp3) is 0.375. The number of amides is 1. The minimum Gasteiger partial charge on any atom is -0.327 e. The summed E-state index contributed by atoms with van der Waals surface area (Å²) in [5.74, 6) is -0.187. The first kappa shape index (κ1) is 11.3. The maximum atomic E-state index is 10.9. The van der Waals surface area contributed by atoms with Crippen molar-refractivity contribution in [1.29, 1.82) is 0 Å². The number of hydrogen-bond donors (Lipinski definition) is 1. The molecule has 0 bridgehead atoms. The molecule has 1 unspecified atom stereocenters. The molecule has 1 N–H and O–H groups in total. The Morgan fingerprint density at radius 3 is 2.64 bits per heavy atom. The van der Waals surface area contributed by atoms with Gasteiger partial charge in [-0.2, -0.15) is 0 Å². The molecule has 1 aliphatic carbocycles. The fourth-order valence-corrected chi connectivity index (χ4v) is 2.09. The van der Waals surface area contributed by atoms with Crippen LogP contribution < -0.4 is 5.32 Å². The van der Waals surface area contributed by atoms with Crippen LogP contribution in [0.15, 0.2) is 23.9 Å². The fourth-order valence-electron chi connectivity index (χ4n) is 1.11. The van der Waals surface area contributed by atoms with Crippen LogP contribution in [0.1, 0.15) is 13.3 Å². The molecule has 0 radical (unpaired) electrons. The van der Waals surface area contributed by atoms with Crippen molar-refractivity contribution in [2.75, 3.05) is 0 Å². The Morgan fingerprint density at radius 2 is 2.29 bits per heavy atom. The first-order valence-electron chi connectivity index (χ1n) is 3.99. The van der Waals surface area contributed by atoms with Crippen molar-refractivity contribution in [3.63, 3.8) is 0 Å². The zero-order valence-electron chi connectivity index (χ0n) is 7.53. The van der Waals surface area contributed by atoms with Crippen LogP contribution in [0.4, 0.5) is 0 Å². The predicted octanol–water partition coefficient (Wildman–Crippen LogP) is 0.904. The Morgan fingerprint density at radius 1 is 1.64 bits per heavy atom. The van der Waals surface area contributed by atoms with Crippen LogP contribution in [0.25, 0.3) is 0 Å². The summed E-state index contributed by atoms with van der Waals surface area (Å²) in [6.45, 7) is 1.39. The van der Waals surface area contributed by atoms with Gasteiger partial charge in [-0.15, -0.1) is 0 Å². The maximum absolute atomic E-state index is 10.9. The summed E-state index contributed by atoms with van der Waals surface area (Å²) in [4.78, 5) is 10.7. The lowest BCUT2D eigenvalue weighted by Crippen LogP contribution is -2.22. The maximum Gasteiger partial charge on any atom is 0.239 e. The van der Waals surface area contributed by atoms with Gasteiger partial charge in [0.1, 0.15) is 0 Å². The van der Waals surface area contributed by atoms with Crippen LogP contribution in [0, 0.1) is 0 Å². The van der Waals surface area contributed by atoms with Crippen LogP contribution in [0.3, 0.4) is 0 Å². The lowest BCUT2D eigenvalue weighted by molar-refractivity contribution is -0.118. The second-order valence-electron chi connectivity index (χ2n) is 2.95. The Hall–Kier alpha value is -0.810. The van der Waals surface area contributed by atoms with Crippen molar-refractivity contribution in [2.45, 2.75) is 18.6 Å². The third-order valence-corrected chi connectivity index (χ3v) is 3.50. The van der Waals surface area contributed by atoms with Crippen molar-refractivity contribution in [3.05, 3.63) is 23.9 Å². The van der Waals surface area contributed by atoms with Crippen molar-refractivity contribution in [1.82, 2.24) is 5.32 Å². The second-order valence-corrected chi connectivity index (χ2v) is 5.80. The van der Waals surface area contributed by atoms with Crippen molar-refractivity contribution < 1.29 is 13.2 Å². The smallest absolute Gasteiger partial charge is 0.239 e. The summed E-state index contributed by atoms with van der Waals surface area (Å²) in [6.07, 6.45) is 4.92. The zero-order chi connectivity index (χ0) is 10.8. The Labute approximate surface area is 87.1 Å². The standard InChI is InChI=1S/C8H10ClNO3S/c1-6(11)10-7-2-4-8(5-3-7)14(9,12)13/h2-4,8H,5H2,1H3,(H,10,11). The molecule has 14 heavy (non-hydrogen) atoms. The average Bonchev–Trinajstić information content (AvgIpc) is 2.02. The number of allylic oxidation sites excluding steroid dienone is 2. The van der Waals surface area contributed by atoms with Crippen LogP contribution in [-0.2, 0) is 13.8 Å². The molecule has 4 nitrogen and oxygen atoms in total. The van der Waals surface area contributed by atoms with Gasteiger partial charge in [-0.25, -0.2) is 8.42 Å². The summed E-state index contributed by atoms with van der Waals surface area (Å²) in [5, 5.41) is 1.86. The highest BCUT2D eigenvalue weighted by atomic mass is 35.7. The molecular weight excluding hydrogens is 226 g/mol. The highest BCUT2D eigenvalue weighted by Gasteiger charge is 2.21. The van der Waals surface area contributed by atoms with Gasteiger partial charge >= 0.3 is 0 Å². The van der Waals surface area contributed by atoms with Crippen LogP contribution in [-0.4, -0.2) is 19.6 Å². The average molecular weight is 236 g/mol. The molecule has 0 aromatic rings. The van der Waals surface area contributed by atoms with Gasteiger partial charge in [-0.3, -0.25) is 4.79 Å². The largest absolute Gasteiger partial charge is 0.327 e. The number of hydrogen-bond acceptors (Lipinski definition) is 3. The van der Waals surface area contributed by atoms with E-state index >= 15 is 0 Å². The van der Waals surface area contributed by atoms with Gasteiger partial charge in [0.05, 0.1) is 5.25 Å². The molecule has 0 aliphatic heterocycles. The molecular formula is C8H10ClNO3S. The van der Waals surface area contributed by atoms with Crippen LogP contribution in [0.2, 0.25) is 0 Å². The molecule has 0 aromatic carbocycles. The lowest BCUT2D eigenvalue weighted by Gasteiger charge is -2.13. The number of nitrogens with one attached hydrogen (secondary N) is 1. The lowest BCUT2D eigenvalue weighted by atomic mass is 10.1. The van der Waals surface area contributed by atoms with E-state index in [1.165, 1.54) is 19.1 Å². The van der Waals surface area contributed by atoms with E-state index in [0.29, 0.717) is 5.70 Å². The normalized spacial score (nSPS) is 21.6. The molecule has 0 saturated heterocycles. The third kappa shape index (κ3) is 3.16. The molecule has 0 fully saturated rings. The summed E-state index contributed by atoms with van der Waals surface area (Å²) >= 11 is 0. The van der Waals surface area contributed by atoms with E-state index < -0.39 is 14.3 Å². The monoisotopic (exact) mass is 235 g/mol. The quantitative estimate of drug-likeness (QED) is 0.724. The van der Waals surface area contributed by atoms with Crippen molar-refractivity contribution >= 4 is 25.6 Å². The van der Waals surface area contributed by atoms with Gasteiger partial charge in [0.25, 0.3) is 0 Å². The first-order chi connectivity index (χ1) is 6.39. The van der Waals surface area contributed by atoms with Gasteiger partial charge in [0.2, 0.25) is 15.0 Å². The molecule has 1 rings (SSSR count). The molecule has 1 aliphatic rings. The number of carbonyl (C=O) groups excluding carboxylic acids is 1. The molecule has 0 heterocycles. The topological polar surface area (TPSA) is 63.2 Å². The van der Waals surface area contributed by atoms with E-state index in [4.69, 9.17) is 10.7 Å². The number of carbonyl (C=O) groups is 1. The van der Waals surface area contributed by atoms with E-state index in [2.05, 4.69) is 5.32 Å². The molecule has 1 atom stereocenters. The van der Waals surface area contributed by atoms with Gasteiger partial charge in [0, 0.05) is 23.3 Å². The van der Waals surface area contributed by atoms with Crippen molar-refractivity contribution in [3.8, 4) is 0 Å². The number of rotatable bonds is 2. The molecule has 78 valence electrons. The molecule has 6 heteroatoms. The van der Waals surface area contributed by atoms with Crippen LogP contribution in [0.5, 0.6) is 0 Å². The van der Waals surface area contributed by atoms with Gasteiger partial charge in [-0.1, -0.05) is 12.2 Å². The molecule has 1 amide bonds. The minimum absolute atomic E-state index is 0.187. The summed E-state index contributed by atoms with van der Waals surface area (Å²) in [7, 11) is 1.62. The van der Waals surface area contributed by atoms with E-state index in [1.54, 1.807) is 6.08 Å². The van der Waals surface area contributed by atoms with Gasteiger partial charge < -0.3 is 5.32 Å². The third-order valence-electron chi connectivity index (χ3n) is 1.74. The minimum atomic E-state index is -3.55. The molecule has 0 spiro atoms. The van der Waals surface area contributed by atoms with E-state index in [0.717, 1.165) is 0 Å². The Bertz CT molecular complexity index is 397. The SMILES string of the molecule is CC(=O)NC1=CCC(S(=O)(=O)Cl)C=C1. The second kappa shape index (κ2) is 4.14. The van der Waals surface area contributed by atoms with E-state index in [1.807, 2.05) is 0 Å². The highest BCUT2D eigenvalue weighted by molar-refractivity contribution is 8.14. The Kier molecular flexibility index (Phi) is 3.34. The summed E-state index contributed by atoms with van der Waals surface area (Å²) in [5.41, 5.74) is 0.606. The molecule has 0 saturated carbocycles. The number of halogens is 1. The summed E-state index contributed by atoms with van der Waals surface area (Å²) in [6, 6.07) is 0.